The van der Waals surface area contributed by atoms with Gasteiger partial charge in [0.1, 0.15) is 40.5 Å². The minimum atomic E-state index is -1.01. The lowest BCUT2D eigenvalue weighted by Crippen LogP contribution is -2.71. The minimum absolute atomic E-state index is 0.0921. The van der Waals surface area contributed by atoms with Gasteiger partial charge in [-0.15, -0.1) is 33.3 Å². The van der Waals surface area contributed by atoms with Crippen molar-refractivity contribution in [3.05, 3.63) is 212 Å². The van der Waals surface area contributed by atoms with E-state index in [1.54, 1.807) is 5.38 Å². The second kappa shape index (κ2) is 19.7. The Hall–Kier alpha value is -6.85. The number of carbonyl (C=O) groups is 3. The van der Waals surface area contributed by atoms with Crippen LogP contribution in [-0.2, 0) is 29.5 Å². The topological polar surface area (TPSA) is 148 Å². The summed E-state index contributed by atoms with van der Waals surface area (Å²) < 4.78 is 6.35. The van der Waals surface area contributed by atoms with E-state index in [1.165, 1.54) is 46.4 Å². The first-order chi connectivity index (χ1) is 32.2. The minimum Gasteiger partial charge on any atom is -0.448 e. The van der Waals surface area contributed by atoms with Gasteiger partial charge in [-0.3, -0.25) is 14.5 Å². The number of thiocarbonyl (C=S) groups is 1. The summed E-state index contributed by atoms with van der Waals surface area (Å²) in [5, 5.41) is 22.0. The molecule has 12 nitrogen and oxygen atoms in total. The fourth-order valence-corrected chi connectivity index (χ4v) is 11.2. The van der Waals surface area contributed by atoms with Crippen LogP contribution in [0.15, 0.2) is 173 Å². The maximum Gasteiger partial charge on any atom is 0.356 e. The van der Waals surface area contributed by atoms with Crippen LogP contribution in [0.4, 0.5) is 5.13 Å². The van der Waals surface area contributed by atoms with Gasteiger partial charge in [0.15, 0.2) is 22.0 Å². The number of esters is 1. The number of thiazole rings is 1. The number of anilines is 1. The van der Waals surface area contributed by atoms with E-state index in [4.69, 9.17) is 26.8 Å². The van der Waals surface area contributed by atoms with Crippen LogP contribution >= 0.6 is 46.7 Å². The van der Waals surface area contributed by atoms with Crippen molar-refractivity contribution in [3.8, 4) is 0 Å². The third-order valence-corrected chi connectivity index (χ3v) is 14.6. The van der Waals surface area contributed by atoms with E-state index in [0.717, 1.165) is 32.8 Å². The molecule has 16 heteroatoms. The molecule has 9 rings (SSSR count). The van der Waals surface area contributed by atoms with Crippen LogP contribution < -0.4 is 10.6 Å². The number of hydrogen-bond acceptors (Lipinski definition) is 14. The Morgan fingerprint density at radius 1 is 0.833 bits per heavy atom. The number of carbonyl (C=O) groups excluding carboxylic acids is 3. The van der Waals surface area contributed by atoms with E-state index >= 15 is 0 Å². The Balaban J connectivity index is 0.992. The van der Waals surface area contributed by atoms with Gasteiger partial charge in [0.2, 0.25) is 0 Å². The molecule has 0 saturated carbocycles. The molecular weight excluding hydrogens is 907 g/mol. The summed E-state index contributed by atoms with van der Waals surface area (Å²) in [6.45, 7) is 1.84. The Morgan fingerprint density at radius 2 is 1.38 bits per heavy atom. The van der Waals surface area contributed by atoms with Gasteiger partial charge < -0.3 is 20.2 Å². The molecular formula is C50H41N7O5S4. The van der Waals surface area contributed by atoms with Crippen LogP contribution in [0.3, 0.4) is 0 Å². The number of rotatable bonds is 16. The molecule has 0 bridgehead atoms. The second-order valence-corrected chi connectivity index (χ2v) is 18.9. The SMILES string of the molecule is CON=C(C(=O)NC1C(=O)N2C(C(=O)OC(c3ccccc3)c3ccccc3)=C(CC(=S)c3nnc(C)s3)CSC12)c1csc(NC(c2ccccc2)(c2ccccc2)c2ccccc2)n1. The fourth-order valence-electron chi connectivity index (χ4n) is 8.12. The molecule has 4 heterocycles. The lowest BCUT2D eigenvalue weighted by Gasteiger charge is -2.49. The van der Waals surface area contributed by atoms with E-state index in [-0.39, 0.29) is 23.5 Å². The summed E-state index contributed by atoms with van der Waals surface area (Å²) >= 11 is 9.89. The molecule has 0 radical (unpaired) electrons. The molecule has 1 fully saturated rings. The van der Waals surface area contributed by atoms with Gasteiger partial charge in [-0.2, -0.15) is 0 Å². The van der Waals surface area contributed by atoms with E-state index in [1.807, 2.05) is 122 Å². The summed E-state index contributed by atoms with van der Waals surface area (Å²) in [6.07, 6.45) is -0.587. The molecule has 2 aromatic heterocycles. The molecule has 66 heavy (non-hydrogen) atoms. The molecule has 2 unspecified atom stereocenters. The number of nitrogens with zero attached hydrogens (tertiary/aromatic N) is 5. The number of aryl methyl sites for hydroxylation is 1. The molecule has 2 atom stereocenters. The number of ether oxygens (including phenoxy) is 1. The fraction of sp³-hybridized carbons (Fsp3) is 0.160. The first-order valence-corrected chi connectivity index (χ1v) is 24.0. The predicted octanol–water partition coefficient (Wildman–Crippen LogP) is 8.85. The van der Waals surface area contributed by atoms with Crippen molar-refractivity contribution in [2.45, 2.75) is 36.4 Å². The van der Waals surface area contributed by atoms with E-state index in [2.05, 4.69) is 62.4 Å². The maximum absolute atomic E-state index is 14.6. The molecule has 2 aliphatic rings. The average molecular weight is 948 g/mol. The van der Waals surface area contributed by atoms with Crippen LogP contribution in [0.5, 0.6) is 0 Å². The molecule has 0 spiro atoms. The van der Waals surface area contributed by atoms with Crippen molar-refractivity contribution in [1.29, 1.82) is 0 Å². The first-order valence-electron chi connectivity index (χ1n) is 20.9. The maximum atomic E-state index is 14.6. The lowest BCUT2D eigenvalue weighted by atomic mass is 9.77. The zero-order valence-corrected chi connectivity index (χ0v) is 38.8. The highest BCUT2D eigenvalue weighted by molar-refractivity contribution is 8.00. The van der Waals surface area contributed by atoms with Crippen molar-refractivity contribution in [1.82, 2.24) is 25.4 Å². The van der Waals surface area contributed by atoms with E-state index in [9.17, 15) is 14.4 Å². The van der Waals surface area contributed by atoms with Crippen LogP contribution in [0.25, 0.3) is 0 Å². The number of nitrogens with one attached hydrogen (secondary N) is 2. The van der Waals surface area contributed by atoms with Crippen molar-refractivity contribution in [2.24, 2.45) is 5.16 Å². The third kappa shape index (κ3) is 8.92. The first kappa shape index (κ1) is 44.4. The molecule has 0 aliphatic carbocycles. The Bertz CT molecular complexity index is 2800. The molecule has 2 amide bonds. The second-order valence-electron chi connectivity index (χ2n) is 15.3. The molecule has 2 N–H and O–H groups in total. The number of thioether (sulfide) groups is 1. The number of aromatic nitrogens is 3. The standard InChI is InChI=1S/C50H41N7O5S4/c1-31-54-55-45(66-31)39(63)28-34-29-64-47-41(46(59)57(47)42(34)48(60)62-43(32-18-8-3-9-19-32)33-20-10-4-11-21-33)52-44(58)40(56-61-2)38-30-65-49(51-38)53-50(35-22-12-5-13-23-35,36-24-14-6-15-25-36)37-26-16-7-17-27-37/h3-27,30,41,43,47H,28-29H2,1-2H3,(H,51,53)(H,52,58). The highest BCUT2D eigenvalue weighted by Crippen LogP contribution is 2.44. The quantitative estimate of drug-likeness (QED) is 0.0182. The smallest absolute Gasteiger partial charge is 0.356 e. The van der Waals surface area contributed by atoms with Crippen LogP contribution in [-0.4, -0.2) is 72.7 Å². The molecule has 1 saturated heterocycles. The highest BCUT2D eigenvalue weighted by atomic mass is 32.2. The Kier molecular flexibility index (Phi) is 13.3. The molecule has 5 aromatic carbocycles. The van der Waals surface area contributed by atoms with Gasteiger partial charge in [0.05, 0.1) is 4.86 Å². The van der Waals surface area contributed by atoms with E-state index in [0.29, 0.717) is 26.3 Å². The van der Waals surface area contributed by atoms with Crippen molar-refractivity contribution < 1.29 is 24.0 Å². The van der Waals surface area contributed by atoms with E-state index < -0.39 is 40.8 Å². The number of hydrogen-bond donors (Lipinski definition) is 2. The summed E-state index contributed by atoms with van der Waals surface area (Å²) in [6, 6.07) is 48.1. The molecule has 2 aliphatic heterocycles. The zero-order chi connectivity index (χ0) is 45.6. The monoisotopic (exact) mass is 947 g/mol. The van der Waals surface area contributed by atoms with Crippen LogP contribution in [0, 0.1) is 6.92 Å². The normalized spacial score (nSPS) is 16.0. The van der Waals surface area contributed by atoms with Crippen molar-refractivity contribution in [3.63, 3.8) is 0 Å². The van der Waals surface area contributed by atoms with Gasteiger partial charge in [-0.05, 0) is 40.3 Å². The van der Waals surface area contributed by atoms with Gasteiger partial charge in [0, 0.05) is 17.6 Å². The van der Waals surface area contributed by atoms with Crippen LogP contribution in [0.1, 0.15) is 56.1 Å². The number of amides is 2. The van der Waals surface area contributed by atoms with Gasteiger partial charge in [-0.25, -0.2) is 9.78 Å². The summed E-state index contributed by atoms with van der Waals surface area (Å²) in [5.41, 5.74) is 4.41. The number of benzene rings is 5. The van der Waals surface area contributed by atoms with Crippen LogP contribution in [0.2, 0.25) is 0 Å². The highest BCUT2D eigenvalue weighted by Gasteiger charge is 2.55. The number of β-lactam (4-membered cyclic amide) rings is 1. The van der Waals surface area contributed by atoms with Gasteiger partial charge in [-0.1, -0.05) is 180 Å². The van der Waals surface area contributed by atoms with Crippen molar-refractivity contribution in [2.75, 3.05) is 18.2 Å². The van der Waals surface area contributed by atoms with Gasteiger partial charge >= 0.3 is 5.97 Å². The summed E-state index contributed by atoms with van der Waals surface area (Å²) in [4.78, 5) is 55.2. The molecule has 7 aromatic rings. The predicted molar refractivity (Wildman–Crippen MR) is 262 cm³/mol. The summed E-state index contributed by atoms with van der Waals surface area (Å²) in [7, 11) is 1.34. The Morgan fingerprint density at radius 3 is 1.89 bits per heavy atom. The van der Waals surface area contributed by atoms with Crippen molar-refractivity contribution >= 4 is 80.1 Å². The zero-order valence-electron chi connectivity index (χ0n) is 35.6. The summed E-state index contributed by atoms with van der Waals surface area (Å²) in [5.74, 6) is -1.53. The van der Waals surface area contributed by atoms with Gasteiger partial charge in [0.25, 0.3) is 11.8 Å². The third-order valence-electron chi connectivity index (χ3n) is 11.2. The largest absolute Gasteiger partial charge is 0.448 e. The number of fused-ring (bicyclic) bond motifs is 1. The average Bonchev–Trinajstić information content (AvgIpc) is 4.03. The lowest BCUT2D eigenvalue weighted by molar-refractivity contribution is -0.154. The Labute approximate surface area is 398 Å². The number of oxime groups is 1. The molecule has 330 valence electrons.